The van der Waals surface area contributed by atoms with Gasteiger partial charge in [-0.15, -0.1) is 11.6 Å². The SMILES string of the molecule is COc1cc(CCl)cc(NC(=O)OC(C)(C)C)c1. The van der Waals surface area contributed by atoms with E-state index in [1.165, 1.54) is 0 Å². The molecule has 0 unspecified atom stereocenters. The van der Waals surface area contributed by atoms with E-state index in [1.54, 1.807) is 19.2 Å². The Morgan fingerprint density at radius 2 is 2.00 bits per heavy atom. The summed E-state index contributed by atoms with van der Waals surface area (Å²) in [5.41, 5.74) is 0.930. The summed E-state index contributed by atoms with van der Waals surface area (Å²) in [6.07, 6.45) is -0.503. The maximum atomic E-state index is 11.6. The number of halogens is 1. The van der Waals surface area contributed by atoms with Crippen LogP contribution in [0.5, 0.6) is 5.75 Å². The van der Waals surface area contributed by atoms with E-state index in [0.29, 0.717) is 17.3 Å². The highest BCUT2D eigenvalue weighted by Crippen LogP contribution is 2.22. The first-order valence-electron chi connectivity index (χ1n) is 5.58. The summed E-state index contributed by atoms with van der Waals surface area (Å²) in [6, 6.07) is 5.30. The summed E-state index contributed by atoms with van der Waals surface area (Å²) in [6.45, 7) is 5.42. The van der Waals surface area contributed by atoms with Crippen LogP contribution in [-0.4, -0.2) is 18.8 Å². The number of rotatable bonds is 3. The number of methoxy groups -OCH3 is 1. The van der Waals surface area contributed by atoms with Gasteiger partial charge in [0.2, 0.25) is 0 Å². The molecule has 1 amide bonds. The summed E-state index contributed by atoms with van der Waals surface area (Å²) in [4.78, 5) is 11.6. The van der Waals surface area contributed by atoms with Gasteiger partial charge in [0.15, 0.2) is 0 Å². The molecule has 0 aliphatic carbocycles. The first kappa shape index (κ1) is 14.6. The summed E-state index contributed by atoms with van der Waals surface area (Å²) in [7, 11) is 1.56. The molecule has 0 fully saturated rings. The van der Waals surface area contributed by atoms with Gasteiger partial charge in [-0.1, -0.05) is 0 Å². The molecule has 0 bridgehead atoms. The molecule has 0 heterocycles. The van der Waals surface area contributed by atoms with Crippen LogP contribution < -0.4 is 10.1 Å². The molecule has 100 valence electrons. The van der Waals surface area contributed by atoms with Gasteiger partial charge in [-0.2, -0.15) is 0 Å². The first-order chi connectivity index (χ1) is 8.34. The number of hydrogen-bond acceptors (Lipinski definition) is 3. The molecule has 0 atom stereocenters. The van der Waals surface area contributed by atoms with Crippen molar-refractivity contribution in [2.24, 2.45) is 0 Å². The van der Waals surface area contributed by atoms with Crippen LogP contribution in [0.4, 0.5) is 10.5 Å². The quantitative estimate of drug-likeness (QED) is 0.851. The van der Waals surface area contributed by atoms with Crippen molar-refractivity contribution < 1.29 is 14.3 Å². The predicted molar refractivity (Wildman–Crippen MR) is 72.4 cm³/mol. The van der Waals surface area contributed by atoms with Crippen LogP contribution in [0.15, 0.2) is 18.2 Å². The zero-order valence-electron chi connectivity index (χ0n) is 11.0. The Morgan fingerprint density at radius 1 is 1.33 bits per heavy atom. The Bertz CT molecular complexity index is 404. The highest BCUT2D eigenvalue weighted by atomic mass is 35.5. The van der Waals surface area contributed by atoms with Crippen LogP contribution in [0, 0.1) is 0 Å². The average molecular weight is 272 g/mol. The molecule has 0 aromatic heterocycles. The van der Waals surface area contributed by atoms with Crippen molar-refractivity contribution in [3.63, 3.8) is 0 Å². The van der Waals surface area contributed by atoms with Gasteiger partial charge in [0, 0.05) is 17.6 Å². The maximum Gasteiger partial charge on any atom is 0.412 e. The van der Waals surface area contributed by atoms with E-state index in [-0.39, 0.29) is 0 Å². The summed E-state index contributed by atoms with van der Waals surface area (Å²) in [5.74, 6) is 0.986. The number of amides is 1. The van der Waals surface area contributed by atoms with Gasteiger partial charge in [0.1, 0.15) is 11.4 Å². The fourth-order valence-corrected chi connectivity index (χ4v) is 1.50. The topological polar surface area (TPSA) is 47.6 Å². The number of carbonyl (C=O) groups excluding carboxylic acids is 1. The molecular formula is C13H18ClNO3. The number of hydrogen-bond donors (Lipinski definition) is 1. The Morgan fingerprint density at radius 3 is 2.50 bits per heavy atom. The molecule has 0 aliphatic heterocycles. The molecular weight excluding hydrogens is 254 g/mol. The molecule has 0 saturated carbocycles. The van der Waals surface area contributed by atoms with Crippen molar-refractivity contribution in [2.45, 2.75) is 32.3 Å². The van der Waals surface area contributed by atoms with Crippen LogP contribution in [0.3, 0.4) is 0 Å². The van der Waals surface area contributed by atoms with Crippen molar-refractivity contribution in [3.8, 4) is 5.75 Å². The minimum Gasteiger partial charge on any atom is -0.497 e. The van der Waals surface area contributed by atoms with Crippen LogP contribution in [0.2, 0.25) is 0 Å². The second-order valence-electron chi connectivity index (χ2n) is 4.83. The van der Waals surface area contributed by atoms with E-state index in [9.17, 15) is 4.79 Å². The minimum absolute atomic E-state index is 0.347. The third-order valence-electron chi connectivity index (χ3n) is 2.00. The fourth-order valence-electron chi connectivity index (χ4n) is 1.35. The minimum atomic E-state index is -0.529. The lowest BCUT2D eigenvalue weighted by Gasteiger charge is -2.20. The molecule has 0 spiro atoms. The highest BCUT2D eigenvalue weighted by Gasteiger charge is 2.16. The van der Waals surface area contributed by atoms with Gasteiger partial charge >= 0.3 is 6.09 Å². The van der Waals surface area contributed by atoms with Crippen molar-refractivity contribution in [3.05, 3.63) is 23.8 Å². The van der Waals surface area contributed by atoms with Crippen molar-refractivity contribution in [2.75, 3.05) is 12.4 Å². The van der Waals surface area contributed by atoms with Gasteiger partial charge in [0.25, 0.3) is 0 Å². The van der Waals surface area contributed by atoms with Gasteiger partial charge in [-0.05, 0) is 38.5 Å². The van der Waals surface area contributed by atoms with E-state index in [4.69, 9.17) is 21.1 Å². The van der Waals surface area contributed by atoms with E-state index >= 15 is 0 Å². The third kappa shape index (κ3) is 4.84. The molecule has 1 aromatic rings. The molecule has 4 nitrogen and oxygen atoms in total. The Hall–Kier alpha value is -1.42. The normalized spacial score (nSPS) is 10.9. The lowest BCUT2D eigenvalue weighted by atomic mass is 10.2. The predicted octanol–water partition coefficient (Wildman–Crippen LogP) is 3.78. The maximum absolute atomic E-state index is 11.6. The fraction of sp³-hybridized carbons (Fsp3) is 0.462. The third-order valence-corrected chi connectivity index (χ3v) is 2.31. The standard InChI is InChI=1S/C13H18ClNO3/c1-13(2,3)18-12(16)15-10-5-9(8-14)6-11(7-10)17-4/h5-7H,8H2,1-4H3,(H,15,16). The average Bonchev–Trinajstić information content (AvgIpc) is 2.25. The summed E-state index contributed by atoms with van der Waals surface area (Å²) >= 11 is 5.77. The first-order valence-corrected chi connectivity index (χ1v) is 6.11. The van der Waals surface area contributed by atoms with Crippen molar-refractivity contribution >= 4 is 23.4 Å². The molecule has 5 heteroatoms. The van der Waals surface area contributed by atoms with Gasteiger partial charge in [-0.25, -0.2) is 4.79 Å². The second kappa shape index (κ2) is 5.96. The lowest BCUT2D eigenvalue weighted by Crippen LogP contribution is -2.27. The summed E-state index contributed by atoms with van der Waals surface area (Å²) < 4.78 is 10.3. The van der Waals surface area contributed by atoms with Gasteiger partial charge < -0.3 is 9.47 Å². The largest absolute Gasteiger partial charge is 0.497 e. The Kier molecular flexibility index (Phi) is 4.84. The molecule has 0 aliphatic rings. The van der Waals surface area contributed by atoms with E-state index in [0.717, 1.165) is 5.56 Å². The zero-order chi connectivity index (χ0) is 13.8. The molecule has 1 rings (SSSR count). The lowest BCUT2D eigenvalue weighted by molar-refractivity contribution is 0.0636. The molecule has 1 aromatic carbocycles. The van der Waals surface area contributed by atoms with E-state index in [1.807, 2.05) is 26.8 Å². The number of ether oxygens (including phenoxy) is 2. The van der Waals surface area contributed by atoms with Gasteiger partial charge in [-0.3, -0.25) is 5.32 Å². The molecule has 1 N–H and O–H groups in total. The molecule has 0 saturated heterocycles. The van der Waals surface area contributed by atoms with Crippen LogP contribution >= 0.6 is 11.6 Å². The van der Waals surface area contributed by atoms with Crippen LogP contribution in [0.25, 0.3) is 0 Å². The number of anilines is 1. The van der Waals surface area contributed by atoms with Crippen molar-refractivity contribution in [1.82, 2.24) is 0 Å². The van der Waals surface area contributed by atoms with Crippen LogP contribution in [-0.2, 0) is 10.6 Å². The molecule has 18 heavy (non-hydrogen) atoms. The monoisotopic (exact) mass is 271 g/mol. The summed E-state index contributed by atoms with van der Waals surface area (Å²) in [5, 5.41) is 2.65. The van der Waals surface area contributed by atoms with E-state index < -0.39 is 11.7 Å². The number of carbonyl (C=O) groups is 1. The highest BCUT2D eigenvalue weighted by molar-refractivity contribution is 6.17. The zero-order valence-corrected chi connectivity index (χ0v) is 11.8. The van der Waals surface area contributed by atoms with Gasteiger partial charge in [0.05, 0.1) is 7.11 Å². The van der Waals surface area contributed by atoms with Crippen molar-refractivity contribution in [1.29, 1.82) is 0 Å². The molecule has 0 radical (unpaired) electrons. The Balaban J connectivity index is 2.80. The van der Waals surface area contributed by atoms with Crippen LogP contribution in [0.1, 0.15) is 26.3 Å². The smallest absolute Gasteiger partial charge is 0.412 e. The number of alkyl halides is 1. The Labute approximate surface area is 112 Å². The number of nitrogens with one attached hydrogen (secondary N) is 1. The van der Waals surface area contributed by atoms with E-state index in [2.05, 4.69) is 5.32 Å². The second-order valence-corrected chi connectivity index (χ2v) is 5.10. The number of benzene rings is 1.